The minimum atomic E-state index is -0.415. The molecule has 0 unspecified atom stereocenters. The van der Waals surface area contributed by atoms with Crippen LogP contribution in [0, 0.1) is 6.92 Å². The number of halogens is 1. The molecule has 1 aliphatic heterocycles. The molecule has 3 rings (SSSR count). The van der Waals surface area contributed by atoms with Crippen molar-refractivity contribution in [1.29, 1.82) is 0 Å². The second-order valence-corrected chi connectivity index (χ2v) is 7.34. The van der Waals surface area contributed by atoms with Crippen molar-refractivity contribution in [2.45, 2.75) is 13.3 Å². The maximum atomic E-state index is 12.4. The Morgan fingerprint density at radius 1 is 1.28 bits per heavy atom. The van der Waals surface area contributed by atoms with E-state index < -0.39 is 5.69 Å². The van der Waals surface area contributed by atoms with Gasteiger partial charge in [0.15, 0.2) is 5.78 Å². The Balaban J connectivity index is 1.78. The maximum Gasteiger partial charge on any atom is 0.332 e. The van der Waals surface area contributed by atoms with Gasteiger partial charge in [0.05, 0.1) is 21.4 Å². The topological polar surface area (TPSA) is 73.4 Å². The largest absolute Gasteiger partial charge is 0.332 e. The van der Waals surface area contributed by atoms with Crippen LogP contribution >= 0.6 is 23.4 Å². The molecular weight excluding hydrogens is 362 g/mol. The van der Waals surface area contributed by atoms with Crippen molar-refractivity contribution >= 4 is 40.0 Å². The van der Waals surface area contributed by atoms with Gasteiger partial charge in [-0.2, -0.15) is 0 Å². The number of nitrogens with zero attached hydrogens (tertiary/aromatic N) is 3. The monoisotopic (exact) mass is 377 g/mol. The number of carbonyl (C=O) groups excluding carboxylic acids is 1. The molecule has 0 fully saturated rings. The molecule has 0 bridgehead atoms. The molecule has 0 N–H and O–H groups in total. The lowest BCUT2D eigenvalue weighted by Gasteiger charge is -2.05. The van der Waals surface area contributed by atoms with E-state index in [2.05, 4.69) is 4.99 Å². The summed E-state index contributed by atoms with van der Waals surface area (Å²) >= 11 is 7.39. The smallest absolute Gasteiger partial charge is 0.293 e. The predicted octanol–water partition coefficient (Wildman–Crippen LogP) is 2.25. The second kappa shape index (κ2) is 6.65. The lowest BCUT2D eigenvalue weighted by Crippen LogP contribution is -2.38. The summed E-state index contributed by atoms with van der Waals surface area (Å²) in [6, 6.07) is 5.30. The number of hydrogen-bond donors (Lipinski definition) is 0. The van der Waals surface area contributed by atoms with Crippen LogP contribution in [0.4, 0.5) is 5.82 Å². The van der Waals surface area contributed by atoms with Crippen LogP contribution in [0.15, 0.2) is 32.8 Å². The molecule has 0 saturated carbocycles. The molecule has 2 heterocycles. The highest BCUT2D eigenvalue weighted by Crippen LogP contribution is 2.27. The van der Waals surface area contributed by atoms with Gasteiger partial charge in [0.1, 0.15) is 5.82 Å². The average Bonchev–Trinajstić information content (AvgIpc) is 3.00. The Kier molecular flexibility index (Phi) is 4.71. The number of rotatable bonds is 3. The summed E-state index contributed by atoms with van der Waals surface area (Å²) in [5, 5.41) is 1.07. The highest BCUT2D eigenvalue weighted by molar-refractivity contribution is 8.14. The molecule has 1 aromatic heterocycles. The van der Waals surface area contributed by atoms with E-state index >= 15 is 0 Å². The van der Waals surface area contributed by atoms with E-state index in [1.54, 1.807) is 19.2 Å². The first-order chi connectivity index (χ1) is 11.8. The number of carbonyl (C=O) groups is 1. The quantitative estimate of drug-likeness (QED) is 0.769. The Labute approximate surface area is 153 Å². The summed E-state index contributed by atoms with van der Waals surface area (Å²) in [7, 11) is 3.02. The molecule has 0 radical (unpaired) electrons. The fourth-order valence-corrected chi connectivity index (χ4v) is 3.86. The Hall–Kier alpha value is -2.12. The van der Waals surface area contributed by atoms with Gasteiger partial charge in [-0.3, -0.25) is 18.7 Å². The molecule has 25 heavy (non-hydrogen) atoms. The first-order valence-electron chi connectivity index (χ1n) is 7.58. The van der Waals surface area contributed by atoms with E-state index in [0.717, 1.165) is 10.1 Å². The summed E-state index contributed by atoms with van der Waals surface area (Å²) in [4.78, 5) is 40.9. The third kappa shape index (κ3) is 3.21. The number of hydrogen-bond acceptors (Lipinski definition) is 5. The van der Waals surface area contributed by atoms with Crippen LogP contribution in [0.25, 0.3) is 0 Å². The summed E-state index contributed by atoms with van der Waals surface area (Å²) in [5.74, 6) is 0.441. The van der Waals surface area contributed by atoms with Crippen molar-refractivity contribution in [3.05, 3.63) is 60.8 Å². The molecule has 1 aliphatic rings. The average molecular weight is 378 g/mol. The zero-order valence-electron chi connectivity index (χ0n) is 14.0. The second-order valence-electron chi connectivity index (χ2n) is 5.89. The molecule has 130 valence electrons. The summed E-state index contributed by atoms with van der Waals surface area (Å²) < 4.78 is 2.42. The molecule has 0 aliphatic carbocycles. The van der Waals surface area contributed by atoms with Gasteiger partial charge in [-0.1, -0.05) is 17.7 Å². The number of aliphatic imine (C=N–C) groups is 1. The SMILES string of the molecule is Cc1ccc(C(=O)CSC2=Nc3c(c(=O)n(C)c(=O)n3C)C2)c(Cl)c1. The first-order valence-corrected chi connectivity index (χ1v) is 8.94. The number of aromatic nitrogens is 2. The Morgan fingerprint density at radius 2 is 2.00 bits per heavy atom. The van der Waals surface area contributed by atoms with E-state index in [1.807, 2.05) is 13.0 Å². The lowest BCUT2D eigenvalue weighted by molar-refractivity contribution is 0.102. The van der Waals surface area contributed by atoms with E-state index in [0.29, 0.717) is 33.4 Å². The zero-order valence-corrected chi connectivity index (χ0v) is 15.6. The van der Waals surface area contributed by atoms with Crippen LogP contribution < -0.4 is 11.2 Å². The predicted molar refractivity (Wildman–Crippen MR) is 101 cm³/mol. The highest BCUT2D eigenvalue weighted by Gasteiger charge is 2.24. The first kappa shape index (κ1) is 17.7. The zero-order chi connectivity index (χ0) is 18.3. The van der Waals surface area contributed by atoms with Gasteiger partial charge in [0.2, 0.25) is 0 Å². The van der Waals surface area contributed by atoms with Gasteiger partial charge in [-0.05, 0) is 24.6 Å². The molecule has 0 spiro atoms. The normalized spacial score (nSPS) is 12.9. The van der Waals surface area contributed by atoms with Crippen molar-refractivity contribution in [2.75, 3.05) is 5.75 Å². The summed E-state index contributed by atoms with van der Waals surface area (Å²) in [5.41, 5.74) is 1.18. The number of thioether (sulfide) groups is 1. The number of aryl methyl sites for hydroxylation is 1. The molecule has 1 aromatic carbocycles. The fraction of sp³-hybridized carbons (Fsp3) is 0.294. The van der Waals surface area contributed by atoms with Gasteiger partial charge >= 0.3 is 5.69 Å². The minimum Gasteiger partial charge on any atom is -0.293 e. The fourth-order valence-electron chi connectivity index (χ4n) is 2.67. The third-order valence-corrected chi connectivity index (χ3v) is 5.37. The van der Waals surface area contributed by atoms with Crippen LogP contribution in [0.5, 0.6) is 0 Å². The van der Waals surface area contributed by atoms with Crippen LogP contribution in [0.3, 0.4) is 0 Å². The molecule has 0 saturated heterocycles. The molecule has 6 nitrogen and oxygen atoms in total. The van der Waals surface area contributed by atoms with Crippen molar-refractivity contribution in [3.8, 4) is 0 Å². The van der Waals surface area contributed by atoms with Crippen LogP contribution in [-0.4, -0.2) is 25.7 Å². The molecule has 0 amide bonds. The van der Waals surface area contributed by atoms with Gasteiger partial charge in [-0.15, -0.1) is 11.8 Å². The Morgan fingerprint density at radius 3 is 2.68 bits per heavy atom. The van der Waals surface area contributed by atoms with Gasteiger partial charge in [0.25, 0.3) is 5.56 Å². The summed E-state index contributed by atoms with van der Waals surface area (Å²) in [6.45, 7) is 1.91. The van der Waals surface area contributed by atoms with Crippen LogP contribution in [0.1, 0.15) is 21.5 Å². The summed E-state index contributed by atoms with van der Waals surface area (Å²) in [6.07, 6.45) is 0.329. The standard InChI is InChI=1S/C17H16ClN3O3S/c1-9-4-5-10(12(18)6-9)13(22)8-25-14-7-11-15(19-14)20(2)17(24)21(3)16(11)23/h4-6H,7-8H2,1-3H3. The van der Waals surface area contributed by atoms with Crippen molar-refractivity contribution in [3.63, 3.8) is 0 Å². The third-order valence-electron chi connectivity index (χ3n) is 4.08. The maximum absolute atomic E-state index is 12.4. The minimum absolute atomic E-state index is 0.101. The highest BCUT2D eigenvalue weighted by atomic mass is 35.5. The lowest BCUT2D eigenvalue weighted by atomic mass is 10.1. The molecule has 8 heteroatoms. The van der Waals surface area contributed by atoms with Crippen LogP contribution in [-0.2, 0) is 20.5 Å². The number of fused-ring (bicyclic) bond motifs is 1. The number of Topliss-reactive ketones (excluding diaryl/α,β-unsaturated/α-hetero) is 1. The number of ketones is 1. The number of benzene rings is 1. The van der Waals surface area contributed by atoms with E-state index in [9.17, 15) is 14.4 Å². The van der Waals surface area contributed by atoms with Gasteiger partial charge < -0.3 is 0 Å². The van der Waals surface area contributed by atoms with E-state index in [4.69, 9.17) is 11.6 Å². The Bertz CT molecular complexity index is 1040. The molecular formula is C17H16ClN3O3S. The van der Waals surface area contributed by atoms with Gasteiger partial charge in [-0.25, -0.2) is 9.79 Å². The van der Waals surface area contributed by atoms with Gasteiger partial charge in [0, 0.05) is 26.1 Å². The van der Waals surface area contributed by atoms with E-state index in [-0.39, 0.29) is 17.1 Å². The van der Waals surface area contributed by atoms with Crippen LogP contribution in [0.2, 0.25) is 5.02 Å². The van der Waals surface area contributed by atoms with E-state index in [1.165, 1.54) is 23.4 Å². The van der Waals surface area contributed by atoms with Crippen molar-refractivity contribution < 1.29 is 4.79 Å². The van der Waals surface area contributed by atoms with Crippen molar-refractivity contribution in [2.24, 2.45) is 19.1 Å². The molecule has 0 atom stereocenters. The molecule has 2 aromatic rings. The van der Waals surface area contributed by atoms with Crippen molar-refractivity contribution in [1.82, 2.24) is 9.13 Å².